The first kappa shape index (κ1) is 16.4. The second-order valence-corrected chi connectivity index (χ2v) is 6.10. The Morgan fingerprint density at radius 1 is 1.10 bits per heavy atom. The van der Waals surface area contributed by atoms with E-state index in [2.05, 4.69) is 0 Å². The first-order valence-electron chi connectivity index (χ1n) is 6.10. The van der Waals surface area contributed by atoms with Gasteiger partial charge in [-0.3, -0.25) is 4.79 Å². The van der Waals surface area contributed by atoms with Crippen molar-refractivity contribution in [3.8, 4) is 5.75 Å². The number of methoxy groups -OCH3 is 1. The summed E-state index contributed by atoms with van der Waals surface area (Å²) in [6.07, 6.45) is 3.05. The van der Waals surface area contributed by atoms with E-state index in [1.807, 2.05) is 6.92 Å². The van der Waals surface area contributed by atoms with Crippen molar-refractivity contribution in [2.75, 3.05) is 7.11 Å². The monoisotopic (exact) mass is 346 g/mol. The summed E-state index contributed by atoms with van der Waals surface area (Å²) >= 11 is 18.2. The van der Waals surface area contributed by atoms with Crippen LogP contribution in [0.3, 0.4) is 0 Å². The third-order valence-electron chi connectivity index (χ3n) is 3.07. The van der Waals surface area contributed by atoms with E-state index in [1.165, 1.54) is 19.3 Å². The van der Waals surface area contributed by atoms with E-state index in [9.17, 15) is 4.79 Å². The molecule has 1 aromatic carbocycles. The zero-order valence-electron chi connectivity index (χ0n) is 11.7. The summed E-state index contributed by atoms with van der Waals surface area (Å²) in [6.45, 7) is 3.61. The zero-order valence-corrected chi connectivity index (χ0v) is 13.9. The maximum Gasteiger partial charge on any atom is 0.239 e. The van der Waals surface area contributed by atoms with Gasteiger partial charge >= 0.3 is 0 Å². The maximum atomic E-state index is 12.1. The molecule has 21 heavy (non-hydrogen) atoms. The molecular formula is C15H13Cl3O3. The topological polar surface area (TPSA) is 35.5 Å². The van der Waals surface area contributed by atoms with Gasteiger partial charge in [0.25, 0.3) is 0 Å². The number of ketones is 1. The Morgan fingerprint density at radius 2 is 1.67 bits per heavy atom. The molecule has 0 heterocycles. The van der Waals surface area contributed by atoms with Gasteiger partial charge in [0, 0.05) is 7.11 Å². The van der Waals surface area contributed by atoms with E-state index in [0.717, 1.165) is 5.56 Å². The van der Waals surface area contributed by atoms with Gasteiger partial charge in [0.15, 0.2) is 11.5 Å². The van der Waals surface area contributed by atoms with Crippen molar-refractivity contribution >= 4 is 40.6 Å². The van der Waals surface area contributed by atoms with Crippen LogP contribution in [0.2, 0.25) is 10.0 Å². The van der Waals surface area contributed by atoms with Gasteiger partial charge in [-0.15, -0.1) is 0 Å². The zero-order chi connectivity index (χ0) is 15.8. The number of halogens is 3. The molecule has 1 atom stereocenters. The van der Waals surface area contributed by atoms with Crippen molar-refractivity contribution in [1.82, 2.24) is 0 Å². The molecule has 1 aliphatic carbocycles. The number of hydrogen-bond donors (Lipinski definition) is 0. The number of hydrogen-bond acceptors (Lipinski definition) is 3. The number of allylic oxidation sites excluding steroid dienone is 1. The van der Waals surface area contributed by atoms with Crippen molar-refractivity contribution in [3.63, 3.8) is 0 Å². The third kappa shape index (κ3) is 3.43. The van der Waals surface area contributed by atoms with E-state index < -0.39 is 11.4 Å². The molecule has 1 aromatic rings. The Kier molecular flexibility index (Phi) is 4.69. The summed E-state index contributed by atoms with van der Waals surface area (Å²) in [5.74, 6) is -0.202. The average molecular weight is 348 g/mol. The minimum Gasteiger partial charge on any atom is -0.450 e. The summed E-state index contributed by atoms with van der Waals surface area (Å²) in [5, 5.41) is 0.660. The summed E-state index contributed by atoms with van der Waals surface area (Å²) in [4.78, 5) is 12.1. The van der Waals surface area contributed by atoms with E-state index in [-0.39, 0.29) is 16.5 Å². The fraction of sp³-hybridized carbons (Fsp3) is 0.267. The number of aryl methyl sites for hydroxylation is 1. The predicted octanol–water partition coefficient (Wildman–Crippen LogP) is 4.68. The van der Waals surface area contributed by atoms with Crippen LogP contribution in [0, 0.1) is 6.92 Å². The third-order valence-corrected chi connectivity index (χ3v) is 3.91. The molecule has 0 amide bonds. The normalized spacial score (nSPS) is 21.9. The highest BCUT2D eigenvalue weighted by Crippen LogP contribution is 2.37. The standard InChI is InChI=1S/C15H13Cl3O3/c1-8-4-9(16)14(10(17)5-8)21-12-7-15(2,20-3)6-11(18)13(12)19/h4-7H,1-3H3. The molecule has 0 radical (unpaired) electrons. The summed E-state index contributed by atoms with van der Waals surface area (Å²) in [7, 11) is 1.51. The lowest BCUT2D eigenvalue weighted by atomic mass is 9.98. The molecule has 112 valence electrons. The Bertz CT molecular complexity index is 641. The Morgan fingerprint density at radius 3 is 2.19 bits per heavy atom. The number of rotatable bonds is 3. The molecular weight excluding hydrogens is 335 g/mol. The number of benzene rings is 1. The highest BCUT2D eigenvalue weighted by molar-refractivity contribution is 6.45. The Labute approximate surface area is 138 Å². The second kappa shape index (κ2) is 6.01. The molecule has 6 heteroatoms. The lowest BCUT2D eigenvalue weighted by Gasteiger charge is -2.26. The first-order chi connectivity index (χ1) is 9.75. The van der Waals surface area contributed by atoms with Crippen LogP contribution in [0.5, 0.6) is 5.75 Å². The highest BCUT2D eigenvalue weighted by Gasteiger charge is 2.31. The maximum absolute atomic E-state index is 12.1. The molecule has 0 spiro atoms. The SMILES string of the molecule is COC1(C)C=C(Cl)C(=O)C(Oc2c(Cl)cc(C)cc2Cl)=C1. The van der Waals surface area contributed by atoms with Gasteiger partial charge in [-0.2, -0.15) is 0 Å². The van der Waals surface area contributed by atoms with Crippen molar-refractivity contribution in [2.45, 2.75) is 19.4 Å². The van der Waals surface area contributed by atoms with Gasteiger partial charge in [-0.25, -0.2) is 0 Å². The Hall–Kier alpha value is -1.00. The van der Waals surface area contributed by atoms with E-state index in [4.69, 9.17) is 44.3 Å². The molecule has 1 aliphatic rings. The minimum atomic E-state index is -0.829. The van der Waals surface area contributed by atoms with Crippen LogP contribution in [-0.4, -0.2) is 18.5 Å². The molecule has 3 nitrogen and oxygen atoms in total. The predicted molar refractivity (Wildman–Crippen MR) is 84.3 cm³/mol. The van der Waals surface area contributed by atoms with Crippen molar-refractivity contribution in [2.24, 2.45) is 0 Å². The van der Waals surface area contributed by atoms with Crippen molar-refractivity contribution in [1.29, 1.82) is 0 Å². The van der Waals surface area contributed by atoms with Gasteiger partial charge in [0.1, 0.15) is 5.60 Å². The summed E-state index contributed by atoms with van der Waals surface area (Å²) < 4.78 is 10.9. The molecule has 0 bridgehead atoms. The lowest BCUT2D eigenvalue weighted by Crippen LogP contribution is -2.29. The van der Waals surface area contributed by atoms with Gasteiger partial charge < -0.3 is 9.47 Å². The van der Waals surface area contributed by atoms with Gasteiger partial charge in [0.2, 0.25) is 5.78 Å². The van der Waals surface area contributed by atoms with Crippen LogP contribution in [0.15, 0.2) is 35.1 Å². The van der Waals surface area contributed by atoms with E-state index in [0.29, 0.717) is 10.0 Å². The van der Waals surface area contributed by atoms with Crippen LogP contribution in [0.4, 0.5) is 0 Å². The number of carbonyl (C=O) groups is 1. The Balaban J connectivity index is 2.42. The smallest absolute Gasteiger partial charge is 0.239 e. The summed E-state index contributed by atoms with van der Waals surface area (Å²) in [6, 6.07) is 3.40. The fourth-order valence-corrected chi connectivity index (χ4v) is 2.87. The van der Waals surface area contributed by atoms with Crippen LogP contribution >= 0.6 is 34.8 Å². The largest absolute Gasteiger partial charge is 0.450 e. The van der Waals surface area contributed by atoms with Crippen LogP contribution in [-0.2, 0) is 9.53 Å². The van der Waals surface area contributed by atoms with Crippen LogP contribution in [0.1, 0.15) is 12.5 Å². The second-order valence-electron chi connectivity index (χ2n) is 4.88. The van der Waals surface area contributed by atoms with Crippen molar-refractivity contribution < 1.29 is 14.3 Å². The van der Waals surface area contributed by atoms with Gasteiger partial charge in [0.05, 0.1) is 15.1 Å². The fourth-order valence-electron chi connectivity index (χ4n) is 1.89. The van der Waals surface area contributed by atoms with Crippen LogP contribution < -0.4 is 4.74 Å². The first-order valence-corrected chi connectivity index (χ1v) is 7.23. The molecule has 0 saturated heterocycles. The molecule has 0 N–H and O–H groups in total. The lowest BCUT2D eigenvalue weighted by molar-refractivity contribution is -0.114. The van der Waals surface area contributed by atoms with E-state index in [1.54, 1.807) is 19.1 Å². The van der Waals surface area contributed by atoms with Crippen molar-refractivity contribution in [3.05, 3.63) is 50.7 Å². The van der Waals surface area contributed by atoms with Gasteiger partial charge in [-0.1, -0.05) is 34.8 Å². The van der Waals surface area contributed by atoms with Crippen LogP contribution in [0.25, 0.3) is 0 Å². The summed E-state index contributed by atoms with van der Waals surface area (Å²) in [5.41, 5.74) is 0.0604. The molecule has 2 rings (SSSR count). The average Bonchev–Trinajstić information content (AvgIpc) is 2.39. The molecule has 0 fully saturated rings. The molecule has 0 aliphatic heterocycles. The molecule has 0 saturated carbocycles. The quantitative estimate of drug-likeness (QED) is 0.796. The number of Topliss-reactive ketones (excluding diaryl/α,β-unsaturated/α-hetero) is 1. The van der Waals surface area contributed by atoms with Gasteiger partial charge in [-0.05, 0) is 43.7 Å². The highest BCUT2D eigenvalue weighted by atomic mass is 35.5. The molecule has 0 aromatic heterocycles. The number of ether oxygens (including phenoxy) is 2. The van der Waals surface area contributed by atoms with E-state index >= 15 is 0 Å². The molecule has 1 unspecified atom stereocenters. The minimum absolute atomic E-state index is 0.0243. The number of carbonyl (C=O) groups excluding carboxylic acids is 1.